The molecule has 2 rings (SSSR count). The van der Waals surface area contributed by atoms with E-state index in [9.17, 15) is 9.18 Å². The highest BCUT2D eigenvalue weighted by molar-refractivity contribution is 5.83. The number of nitrogens with one attached hydrogen (secondary N) is 1. The van der Waals surface area contributed by atoms with Gasteiger partial charge in [0, 0.05) is 12.3 Å². The van der Waals surface area contributed by atoms with Crippen molar-refractivity contribution in [3.63, 3.8) is 0 Å². The van der Waals surface area contributed by atoms with Crippen LogP contribution in [0, 0.1) is 17.1 Å². The van der Waals surface area contributed by atoms with Gasteiger partial charge in [0.1, 0.15) is 23.1 Å². The van der Waals surface area contributed by atoms with Crippen LogP contribution in [0.25, 0.3) is 5.69 Å². The molecule has 0 aliphatic rings. The molecule has 0 saturated carbocycles. The summed E-state index contributed by atoms with van der Waals surface area (Å²) in [4.78, 5) is 11.7. The van der Waals surface area contributed by atoms with Gasteiger partial charge in [-0.3, -0.25) is 5.32 Å². The quantitative estimate of drug-likeness (QED) is 0.923. The molecule has 1 aromatic heterocycles. The molecule has 0 aliphatic carbocycles. The minimum atomic E-state index is -0.641. The fourth-order valence-electron chi connectivity index (χ4n) is 1.75. The van der Waals surface area contributed by atoms with Crippen LogP contribution in [0.2, 0.25) is 0 Å². The Balaban J connectivity index is 2.21. The van der Waals surface area contributed by atoms with E-state index < -0.39 is 17.5 Å². The summed E-state index contributed by atoms with van der Waals surface area (Å²) in [5.41, 5.74) is -0.447. The summed E-state index contributed by atoms with van der Waals surface area (Å²) in [5, 5.41) is 15.6. The first-order chi connectivity index (χ1) is 10.3. The van der Waals surface area contributed by atoms with Crippen LogP contribution in [0.4, 0.5) is 15.0 Å². The maximum atomic E-state index is 13.6. The molecule has 114 valence electrons. The predicted molar refractivity (Wildman–Crippen MR) is 78.1 cm³/mol. The first-order valence-corrected chi connectivity index (χ1v) is 6.55. The maximum absolute atomic E-state index is 13.6. The lowest BCUT2D eigenvalue weighted by molar-refractivity contribution is 0.0635. The largest absolute Gasteiger partial charge is 0.444 e. The molecule has 1 aromatic carbocycles. The fourth-order valence-corrected chi connectivity index (χ4v) is 1.75. The Morgan fingerprint density at radius 2 is 2.14 bits per heavy atom. The van der Waals surface area contributed by atoms with Gasteiger partial charge in [0.15, 0.2) is 5.82 Å². The Morgan fingerprint density at radius 3 is 2.77 bits per heavy atom. The molecule has 1 amide bonds. The lowest BCUT2D eigenvalue weighted by Gasteiger charge is -2.19. The van der Waals surface area contributed by atoms with E-state index in [4.69, 9.17) is 10.00 Å². The Bertz CT molecular complexity index is 741. The summed E-state index contributed by atoms with van der Waals surface area (Å²) < 4.78 is 20.0. The van der Waals surface area contributed by atoms with E-state index in [0.29, 0.717) is 5.69 Å². The number of anilines is 1. The van der Waals surface area contributed by atoms with Crippen LogP contribution in [0.1, 0.15) is 26.3 Å². The third-order valence-corrected chi connectivity index (χ3v) is 2.57. The Hall–Kier alpha value is -2.88. The molecule has 0 aliphatic heterocycles. The zero-order valence-corrected chi connectivity index (χ0v) is 12.4. The molecule has 0 fully saturated rings. The lowest BCUT2D eigenvalue weighted by atomic mass is 10.2. The van der Waals surface area contributed by atoms with E-state index in [1.165, 1.54) is 29.1 Å². The zero-order valence-electron chi connectivity index (χ0n) is 12.4. The van der Waals surface area contributed by atoms with Crippen LogP contribution in [-0.2, 0) is 4.74 Å². The van der Waals surface area contributed by atoms with Crippen molar-refractivity contribution in [2.24, 2.45) is 0 Å². The van der Waals surface area contributed by atoms with E-state index in [2.05, 4.69) is 10.4 Å². The fraction of sp³-hybridized carbons (Fsp3) is 0.267. The second-order valence-electron chi connectivity index (χ2n) is 5.52. The summed E-state index contributed by atoms with van der Waals surface area (Å²) in [6.45, 7) is 5.24. The number of ether oxygens (including phenoxy) is 1. The van der Waals surface area contributed by atoms with Crippen molar-refractivity contribution in [1.29, 1.82) is 5.26 Å². The van der Waals surface area contributed by atoms with Crippen molar-refractivity contribution in [2.75, 3.05) is 5.32 Å². The molecule has 22 heavy (non-hydrogen) atoms. The molecule has 0 radical (unpaired) electrons. The number of carbonyl (C=O) groups excluding carboxylic acids is 1. The molecule has 2 aromatic rings. The molecule has 0 atom stereocenters. The zero-order chi connectivity index (χ0) is 16.3. The Kier molecular flexibility index (Phi) is 4.13. The minimum absolute atomic E-state index is 0.116. The van der Waals surface area contributed by atoms with Gasteiger partial charge in [-0.25, -0.2) is 13.9 Å². The van der Waals surface area contributed by atoms with Gasteiger partial charge in [-0.1, -0.05) is 6.07 Å². The van der Waals surface area contributed by atoms with Crippen molar-refractivity contribution < 1.29 is 13.9 Å². The number of hydrogen-bond donors (Lipinski definition) is 1. The van der Waals surface area contributed by atoms with Crippen molar-refractivity contribution >= 4 is 11.9 Å². The number of aromatic nitrogens is 2. The highest BCUT2D eigenvalue weighted by atomic mass is 19.1. The number of nitriles is 1. The highest BCUT2D eigenvalue weighted by Crippen LogP contribution is 2.18. The van der Waals surface area contributed by atoms with Crippen LogP contribution < -0.4 is 5.32 Å². The lowest BCUT2D eigenvalue weighted by Crippen LogP contribution is -2.27. The summed E-state index contributed by atoms with van der Waals surface area (Å²) in [5.74, 6) is -0.389. The minimum Gasteiger partial charge on any atom is -0.444 e. The number of halogens is 1. The van der Waals surface area contributed by atoms with Crippen LogP contribution in [0.5, 0.6) is 0 Å². The monoisotopic (exact) mass is 302 g/mol. The molecular formula is C15H15FN4O2. The molecular weight excluding hydrogens is 287 g/mol. The summed E-state index contributed by atoms with van der Waals surface area (Å²) >= 11 is 0. The number of nitrogens with zero attached hydrogens (tertiary/aromatic N) is 3. The third-order valence-electron chi connectivity index (χ3n) is 2.57. The SMILES string of the molecule is CC(C)(C)OC(=O)Nc1ccn(-c2cccc(F)c2C#N)n1. The molecule has 0 saturated heterocycles. The first-order valence-electron chi connectivity index (χ1n) is 6.55. The Morgan fingerprint density at radius 1 is 1.41 bits per heavy atom. The van der Waals surface area contributed by atoms with Gasteiger partial charge >= 0.3 is 6.09 Å². The molecule has 1 N–H and O–H groups in total. The maximum Gasteiger partial charge on any atom is 0.413 e. The van der Waals surface area contributed by atoms with E-state index in [1.807, 2.05) is 0 Å². The predicted octanol–water partition coefficient (Wildman–Crippen LogP) is 3.23. The van der Waals surface area contributed by atoms with Gasteiger partial charge in [-0.05, 0) is 32.9 Å². The van der Waals surface area contributed by atoms with E-state index in [-0.39, 0.29) is 11.4 Å². The van der Waals surface area contributed by atoms with Crippen molar-refractivity contribution in [1.82, 2.24) is 9.78 Å². The van der Waals surface area contributed by atoms with Crippen LogP contribution in [0.3, 0.4) is 0 Å². The van der Waals surface area contributed by atoms with Gasteiger partial charge < -0.3 is 4.74 Å². The summed E-state index contributed by atoms with van der Waals surface area (Å²) in [6, 6.07) is 7.56. The van der Waals surface area contributed by atoms with E-state index in [0.717, 1.165) is 0 Å². The molecule has 7 heteroatoms. The Labute approximate surface area is 127 Å². The van der Waals surface area contributed by atoms with Crippen molar-refractivity contribution in [2.45, 2.75) is 26.4 Å². The van der Waals surface area contributed by atoms with Crippen LogP contribution in [-0.4, -0.2) is 21.5 Å². The van der Waals surface area contributed by atoms with E-state index >= 15 is 0 Å². The summed E-state index contributed by atoms with van der Waals surface area (Å²) in [7, 11) is 0. The third kappa shape index (κ3) is 3.61. The highest BCUT2D eigenvalue weighted by Gasteiger charge is 2.17. The first kappa shape index (κ1) is 15.5. The number of rotatable bonds is 2. The number of benzene rings is 1. The van der Waals surface area contributed by atoms with Gasteiger partial charge in [0.05, 0.1) is 5.69 Å². The van der Waals surface area contributed by atoms with Crippen molar-refractivity contribution in [3.05, 3.63) is 41.8 Å². The number of hydrogen-bond acceptors (Lipinski definition) is 4. The normalized spacial score (nSPS) is 10.9. The number of carbonyl (C=O) groups is 1. The van der Waals surface area contributed by atoms with Gasteiger partial charge in [0.25, 0.3) is 0 Å². The topological polar surface area (TPSA) is 79.9 Å². The summed E-state index contributed by atoms with van der Waals surface area (Å²) in [6.07, 6.45) is 0.875. The second kappa shape index (κ2) is 5.85. The molecule has 6 nitrogen and oxygen atoms in total. The molecule has 0 unspecified atom stereocenters. The average molecular weight is 302 g/mol. The average Bonchev–Trinajstić information content (AvgIpc) is 2.84. The smallest absolute Gasteiger partial charge is 0.413 e. The van der Waals surface area contributed by atoms with Crippen LogP contribution in [0.15, 0.2) is 30.5 Å². The van der Waals surface area contributed by atoms with Crippen molar-refractivity contribution in [3.8, 4) is 11.8 Å². The van der Waals surface area contributed by atoms with Gasteiger partial charge in [-0.15, -0.1) is 5.10 Å². The van der Waals surface area contributed by atoms with Gasteiger partial charge in [0.2, 0.25) is 0 Å². The molecule has 0 spiro atoms. The van der Waals surface area contributed by atoms with Crippen LogP contribution >= 0.6 is 0 Å². The van der Waals surface area contributed by atoms with E-state index in [1.54, 1.807) is 32.9 Å². The second-order valence-corrected chi connectivity index (χ2v) is 5.52. The molecule has 0 bridgehead atoms. The molecule has 1 heterocycles. The van der Waals surface area contributed by atoms with Gasteiger partial charge in [-0.2, -0.15) is 5.26 Å². The standard InChI is InChI=1S/C15H15FN4O2/c1-15(2,3)22-14(21)18-13-7-8-20(19-13)12-6-4-5-11(16)10(12)9-17/h4-8H,1-3H3,(H,18,19,21). The number of amides is 1.